The molecule has 4 nitrogen and oxygen atoms in total. The number of hydrogen-bond acceptors (Lipinski definition) is 3. The van der Waals surface area contributed by atoms with Crippen LogP contribution >= 0.6 is 0 Å². The predicted octanol–water partition coefficient (Wildman–Crippen LogP) is 3.44. The minimum Gasteiger partial charge on any atom is -0.449 e. The summed E-state index contributed by atoms with van der Waals surface area (Å²) in [4.78, 5) is 15.2. The van der Waals surface area contributed by atoms with Crippen LogP contribution in [0, 0.1) is 17.6 Å². The summed E-state index contributed by atoms with van der Waals surface area (Å²) in [6.07, 6.45) is 1.03. The first-order chi connectivity index (χ1) is 10.5. The summed E-state index contributed by atoms with van der Waals surface area (Å²) in [5, 5.41) is 2.65. The van der Waals surface area contributed by atoms with Crippen molar-refractivity contribution in [1.29, 1.82) is 0 Å². The molecule has 0 unspecified atom stereocenters. The van der Waals surface area contributed by atoms with Crippen LogP contribution in [0.1, 0.15) is 19.4 Å². The summed E-state index contributed by atoms with van der Waals surface area (Å²) in [6.45, 7) is 4.33. The Balaban J connectivity index is 2.00. The second-order valence-electron chi connectivity index (χ2n) is 5.40. The first-order valence-electron chi connectivity index (χ1n) is 7.11. The first-order valence-corrected chi connectivity index (χ1v) is 7.11. The van der Waals surface area contributed by atoms with E-state index in [9.17, 15) is 13.6 Å². The number of nitrogens with zero attached hydrogens (tertiary/aromatic N) is 1. The van der Waals surface area contributed by atoms with E-state index in [-0.39, 0.29) is 35.3 Å². The maximum absolute atomic E-state index is 14.3. The first kappa shape index (κ1) is 16.1. The van der Waals surface area contributed by atoms with Crippen molar-refractivity contribution in [2.75, 3.05) is 13.2 Å². The lowest BCUT2D eigenvalue weighted by Gasteiger charge is -2.10. The zero-order chi connectivity index (χ0) is 16.1. The summed E-state index contributed by atoms with van der Waals surface area (Å²) >= 11 is 0. The van der Waals surface area contributed by atoms with Gasteiger partial charge in [-0.05, 0) is 36.1 Å². The molecule has 0 spiro atoms. The molecule has 0 bridgehead atoms. The van der Waals surface area contributed by atoms with Crippen molar-refractivity contribution in [1.82, 2.24) is 10.3 Å². The molecule has 0 atom stereocenters. The minimum absolute atomic E-state index is 0.00746. The molecular formula is C16H18F2N2O2. The number of ether oxygens (including phenoxy) is 1. The van der Waals surface area contributed by atoms with Gasteiger partial charge in [-0.1, -0.05) is 13.8 Å². The Morgan fingerprint density at radius 1 is 1.41 bits per heavy atom. The molecular weight excluding hydrogens is 290 g/mol. The van der Waals surface area contributed by atoms with Gasteiger partial charge in [-0.25, -0.2) is 13.6 Å². The number of carbonyl (C=O) groups excluding carboxylic acids is 1. The quantitative estimate of drug-likeness (QED) is 0.920. The van der Waals surface area contributed by atoms with E-state index in [1.165, 1.54) is 12.3 Å². The molecule has 0 aliphatic rings. The Kier molecular flexibility index (Phi) is 5.25. The van der Waals surface area contributed by atoms with Gasteiger partial charge in [0, 0.05) is 18.1 Å². The highest BCUT2D eigenvalue weighted by atomic mass is 19.1. The van der Waals surface area contributed by atoms with Gasteiger partial charge in [0.25, 0.3) is 0 Å². The fraction of sp³-hybridized carbons (Fsp3) is 0.375. The zero-order valence-corrected chi connectivity index (χ0v) is 12.5. The number of pyridine rings is 1. The lowest BCUT2D eigenvalue weighted by molar-refractivity contribution is 0.133. The van der Waals surface area contributed by atoms with Gasteiger partial charge in [-0.15, -0.1) is 0 Å². The molecule has 2 aromatic rings. The molecule has 0 aliphatic heterocycles. The van der Waals surface area contributed by atoms with Crippen LogP contribution in [0.25, 0.3) is 10.9 Å². The van der Waals surface area contributed by atoms with Gasteiger partial charge in [-0.2, -0.15) is 0 Å². The molecule has 2 rings (SSSR count). The van der Waals surface area contributed by atoms with Gasteiger partial charge in [0.05, 0.1) is 6.61 Å². The second kappa shape index (κ2) is 7.15. The third-order valence-electron chi connectivity index (χ3n) is 3.06. The number of alkyl carbamates (subject to hydrolysis) is 1. The number of aromatic nitrogens is 1. The van der Waals surface area contributed by atoms with Gasteiger partial charge in [0.1, 0.15) is 17.2 Å². The third kappa shape index (κ3) is 3.90. The van der Waals surface area contributed by atoms with Gasteiger partial charge in [-0.3, -0.25) is 4.98 Å². The summed E-state index contributed by atoms with van der Waals surface area (Å²) in [7, 11) is 0. The van der Waals surface area contributed by atoms with Gasteiger partial charge in [0.15, 0.2) is 0 Å². The zero-order valence-electron chi connectivity index (χ0n) is 12.5. The molecule has 118 valence electrons. The molecule has 1 heterocycles. The molecule has 0 saturated carbocycles. The van der Waals surface area contributed by atoms with E-state index >= 15 is 0 Å². The lowest BCUT2D eigenvalue weighted by atomic mass is 10.1. The molecule has 1 amide bonds. The van der Waals surface area contributed by atoms with Crippen LogP contribution in [0.4, 0.5) is 13.6 Å². The number of benzene rings is 1. The average Bonchev–Trinajstić information content (AvgIpc) is 2.50. The number of rotatable bonds is 5. The highest BCUT2D eigenvalue weighted by Crippen LogP contribution is 2.22. The van der Waals surface area contributed by atoms with Crippen molar-refractivity contribution < 1.29 is 18.3 Å². The molecule has 22 heavy (non-hydrogen) atoms. The van der Waals surface area contributed by atoms with E-state index in [1.54, 1.807) is 6.07 Å². The summed E-state index contributed by atoms with van der Waals surface area (Å²) < 4.78 is 33.1. The fourth-order valence-electron chi connectivity index (χ4n) is 2.00. The van der Waals surface area contributed by atoms with Crippen LogP contribution in [-0.2, 0) is 11.2 Å². The maximum atomic E-state index is 14.3. The van der Waals surface area contributed by atoms with Gasteiger partial charge < -0.3 is 10.1 Å². The highest BCUT2D eigenvalue weighted by Gasteiger charge is 2.13. The van der Waals surface area contributed by atoms with Crippen molar-refractivity contribution in [2.24, 2.45) is 5.92 Å². The number of carbonyl (C=O) groups is 1. The minimum atomic E-state index is -0.575. The third-order valence-corrected chi connectivity index (χ3v) is 3.06. The molecule has 0 fully saturated rings. The predicted molar refractivity (Wildman–Crippen MR) is 79.6 cm³/mol. The Bertz CT molecular complexity index is 674. The van der Waals surface area contributed by atoms with Crippen LogP contribution in [0.2, 0.25) is 0 Å². The van der Waals surface area contributed by atoms with E-state index in [4.69, 9.17) is 4.74 Å². The number of hydrogen-bond donors (Lipinski definition) is 1. The SMILES string of the molecule is CC(C)COC(=O)NCCc1cc(F)c2ncccc2c1F. The van der Waals surface area contributed by atoms with E-state index in [1.807, 2.05) is 13.8 Å². The smallest absolute Gasteiger partial charge is 0.407 e. The van der Waals surface area contributed by atoms with Crippen LogP contribution in [0.15, 0.2) is 24.4 Å². The number of nitrogens with one attached hydrogen (secondary N) is 1. The van der Waals surface area contributed by atoms with Gasteiger partial charge >= 0.3 is 6.09 Å². The molecule has 1 aromatic carbocycles. The molecule has 0 radical (unpaired) electrons. The molecule has 1 aromatic heterocycles. The number of halogens is 2. The molecule has 1 N–H and O–H groups in total. The molecule has 0 saturated heterocycles. The fourth-order valence-corrected chi connectivity index (χ4v) is 2.00. The maximum Gasteiger partial charge on any atom is 0.407 e. The van der Waals surface area contributed by atoms with Crippen molar-refractivity contribution in [2.45, 2.75) is 20.3 Å². The van der Waals surface area contributed by atoms with Crippen molar-refractivity contribution in [3.05, 3.63) is 41.6 Å². The van der Waals surface area contributed by atoms with Crippen LogP contribution < -0.4 is 5.32 Å². The monoisotopic (exact) mass is 308 g/mol. The molecule has 6 heteroatoms. The highest BCUT2D eigenvalue weighted by molar-refractivity contribution is 5.80. The van der Waals surface area contributed by atoms with E-state index in [0.717, 1.165) is 6.07 Å². The Morgan fingerprint density at radius 3 is 2.91 bits per heavy atom. The van der Waals surface area contributed by atoms with Crippen LogP contribution in [-0.4, -0.2) is 24.2 Å². The Morgan fingerprint density at radius 2 is 2.18 bits per heavy atom. The topological polar surface area (TPSA) is 51.2 Å². The lowest BCUT2D eigenvalue weighted by Crippen LogP contribution is -2.27. The molecule has 0 aliphatic carbocycles. The normalized spacial score (nSPS) is 11.0. The summed E-state index contributed by atoms with van der Waals surface area (Å²) in [5.74, 6) is -0.846. The van der Waals surface area contributed by atoms with Crippen LogP contribution in [0.5, 0.6) is 0 Å². The van der Waals surface area contributed by atoms with Gasteiger partial charge in [0.2, 0.25) is 0 Å². The standard InChI is InChI=1S/C16H18F2N2O2/c1-10(2)9-22-16(21)20-7-5-11-8-13(17)15-12(14(11)18)4-3-6-19-15/h3-4,6,8,10H,5,7,9H2,1-2H3,(H,20,21). The van der Waals surface area contributed by atoms with Crippen molar-refractivity contribution in [3.63, 3.8) is 0 Å². The van der Waals surface area contributed by atoms with E-state index in [2.05, 4.69) is 10.3 Å². The largest absolute Gasteiger partial charge is 0.449 e. The Labute approximate surface area is 127 Å². The van der Waals surface area contributed by atoms with Crippen molar-refractivity contribution in [3.8, 4) is 0 Å². The average molecular weight is 308 g/mol. The van der Waals surface area contributed by atoms with Crippen LogP contribution in [0.3, 0.4) is 0 Å². The summed E-state index contributed by atoms with van der Waals surface area (Å²) in [5.41, 5.74) is 0.204. The van der Waals surface area contributed by atoms with E-state index in [0.29, 0.717) is 6.61 Å². The van der Waals surface area contributed by atoms with Crippen molar-refractivity contribution >= 4 is 17.0 Å². The summed E-state index contributed by atoms with van der Waals surface area (Å²) in [6, 6.07) is 4.15. The second-order valence-corrected chi connectivity index (χ2v) is 5.40. The Hall–Kier alpha value is -2.24. The number of amides is 1. The number of fused-ring (bicyclic) bond motifs is 1. The van der Waals surface area contributed by atoms with E-state index < -0.39 is 17.7 Å².